The summed E-state index contributed by atoms with van der Waals surface area (Å²) in [4.78, 5) is 29.1. The highest BCUT2D eigenvalue weighted by atomic mass is 28.4. The molecule has 7 heteroatoms. The highest BCUT2D eigenvalue weighted by Gasteiger charge is 2.39. The standard InChI is InChI=1S/C25H40N2O4Si/c1-24(2,3)30-23(29)26-13-11-18(12-14-26)16-27-17-19-9-10-20(15-21(19)22(27)28)31-32(7,8)25(4,5)6/h9-10,15,18H,11-14,16-17H2,1-8H3. The minimum Gasteiger partial charge on any atom is -0.543 e. The lowest BCUT2D eigenvalue weighted by molar-refractivity contribution is 0.0167. The zero-order valence-electron chi connectivity index (χ0n) is 21.1. The van der Waals surface area contributed by atoms with Gasteiger partial charge in [-0.25, -0.2) is 4.79 Å². The molecule has 2 aliphatic rings. The number of ether oxygens (including phenoxy) is 1. The predicted octanol–water partition coefficient (Wildman–Crippen LogP) is 5.67. The summed E-state index contributed by atoms with van der Waals surface area (Å²) in [6.07, 6.45) is 1.54. The van der Waals surface area contributed by atoms with E-state index < -0.39 is 13.9 Å². The largest absolute Gasteiger partial charge is 0.543 e. The summed E-state index contributed by atoms with van der Waals surface area (Å²) in [6, 6.07) is 5.99. The Balaban J connectivity index is 1.57. The van der Waals surface area contributed by atoms with E-state index in [0.29, 0.717) is 25.6 Å². The quantitative estimate of drug-likeness (QED) is 0.543. The molecule has 32 heavy (non-hydrogen) atoms. The zero-order valence-corrected chi connectivity index (χ0v) is 22.1. The Hall–Kier alpha value is -2.02. The lowest BCUT2D eigenvalue weighted by Crippen LogP contribution is -2.44. The predicted molar refractivity (Wildman–Crippen MR) is 130 cm³/mol. The van der Waals surface area contributed by atoms with Crippen LogP contribution in [-0.4, -0.2) is 55.4 Å². The van der Waals surface area contributed by atoms with Gasteiger partial charge in [0.2, 0.25) is 8.32 Å². The Labute approximate surface area is 194 Å². The van der Waals surface area contributed by atoms with E-state index in [4.69, 9.17) is 9.16 Å². The third-order valence-corrected chi connectivity index (χ3v) is 11.2. The van der Waals surface area contributed by atoms with Crippen molar-refractivity contribution in [1.82, 2.24) is 9.80 Å². The van der Waals surface area contributed by atoms with E-state index in [1.807, 2.05) is 43.9 Å². The molecule has 2 aliphatic heterocycles. The summed E-state index contributed by atoms with van der Waals surface area (Å²) in [7, 11) is -1.95. The van der Waals surface area contributed by atoms with Gasteiger partial charge in [-0.15, -0.1) is 0 Å². The van der Waals surface area contributed by atoms with Gasteiger partial charge in [0.05, 0.1) is 0 Å². The lowest BCUT2D eigenvalue weighted by atomic mass is 9.96. The second-order valence-electron chi connectivity index (χ2n) is 11.8. The van der Waals surface area contributed by atoms with Crippen LogP contribution < -0.4 is 4.43 Å². The van der Waals surface area contributed by atoms with Crippen LogP contribution in [0.3, 0.4) is 0 Å². The smallest absolute Gasteiger partial charge is 0.410 e. The van der Waals surface area contributed by atoms with Gasteiger partial charge in [0, 0.05) is 31.7 Å². The number of amides is 2. The third kappa shape index (κ3) is 5.66. The molecule has 0 spiro atoms. The molecule has 1 fully saturated rings. The van der Waals surface area contributed by atoms with Crippen molar-refractivity contribution in [2.45, 2.75) is 84.7 Å². The molecule has 1 aromatic carbocycles. The zero-order chi connectivity index (χ0) is 23.9. The highest BCUT2D eigenvalue weighted by molar-refractivity contribution is 6.74. The van der Waals surface area contributed by atoms with Gasteiger partial charge in [0.25, 0.3) is 5.91 Å². The maximum Gasteiger partial charge on any atom is 0.410 e. The van der Waals surface area contributed by atoms with Gasteiger partial charge in [-0.1, -0.05) is 26.8 Å². The van der Waals surface area contributed by atoms with Gasteiger partial charge in [-0.2, -0.15) is 0 Å². The minimum atomic E-state index is -1.95. The molecule has 0 radical (unpaired) electrons. The minimum absolute atomic E-state index is 0.0928. The molecular formula is C25H40N2O4Si. The van der Waals surface area contributed by atoms with Crippen LogP contribution in [-0.2, 0) is 11.3 Å². The second kappa shape index (κ2) is 8.73. The molecule has 2 amide bonds. The average molecular weight is 461 g/mol. The Morgan fingerprint density at radius 3 is 2.28 bits per heavy atom. The first-order valence-electron chi connectivity index (χ1n) is 11.8. The number of rotatable bonds is 4. The highest BCUT2D eigenvalue weighted by Crippen LogP contribution is 2.38. The van der Waals surface area contributed by atoms with Crippen LogP contribution >= 0.6 is 0 Å². The molecule has 0 aliphatic carbocycles. The van der Waals surface area contributed by atoms with E-state index in [-0.39, 0.29) is 17.0 Å². The number of likely N-dealkylation sites (tertiary alicyclic amines) is 1. The van der Waals surface area contributed by atoms with E-state index in [9.17, 15) is 9.59 Å². The molecule has 1 aromatic rings. The van der Waals surface area contributed by atoms with Crippen molar-refractivity contribution in [3.63, 3.8) is 0 Å². The Morgan fingerprint density at radius 2 is 1.72 bits per heavy atom. The van der Waals surface area contributed by atoms with Crippen LogP contribution in [0.1, 0.15) is 70.3 Å². The third-order valence-electron chi connectivity index (χ3n) is 6.88. The van der Waals surface area contributed by atoms with Crippen molar-refractivity contribution in [2.75, 3.05) is 19.6 Å². The molecule has 0 saturated carbocycles. The van der Waals surface area contributed by atoms with Crippen molar-refractivity contribution < 1.29 is 18.8 Å². The average Bonchev–Trinajstić information content (AvgIpc) is 2.95. The number of carbonyl (C=O) groups excluding carboxylic acids is 2. The normalized spacial score (nSPS) is 18.1. The number of benzene rings is 1. The van der Waals surface area contributed by atoms with Gasteiger partial charge in [0.1, 0.15) is 11.4 Å². The fourth-order valence-corrected chi connectivity index (χ4v) is 4.96. The summed E-state index contributed by atoms with van der Waals surface area (Å²) in [5, 5.41) is 0.107. The van der Waals surface area contributed by atoms with Crippen LogP contribution in [0.25, 0.3) is 0 Å². The molecule has 0 N–H and O–H groups in total. The fraction of sp³-hybridized carbons (Fsp3) is 0.680. The number of carbonyl (C=O) groups is 2. The SMILES string of the molecule is CC(C)(C)OC(=O)N1CCC(CN2Cc3ccc(O[Si](C)(C)C(C)(C)C)cc3C2=O)CC1. The van der Waals surface area contributed by atoms with E-state index in [2.05, 4.69) is 33.9 Å². The summed E-state index contributed by atoms with van der Waals surface area (Å²) in [6.45, 7) is 19.5. The molecule has 0 unspecified atom stereocenters. The first-order chi connectivity index (χ1) is 14.7. The van der Waals surface area contributed by atoms with Gasteiger partial charge in [-0.3, -0.25) is 4.79 Å². The molecule has 0 atom stereocenters. The molecule has 3 rings (SSSR count). The second-order valence-corrected chi connectivity index (χ2v) is 16.5. The summed E-state index contributed by atoms with van der Waals surface area (Å²) in [5.41, 5.74) is 1.37. The number of fused-ring (bicyclic) bond motifs is 1. The van der Waals surface area contributed by atoms with E-state index in [1.54, 1.807) is 4.90 Å². The van der Waals surface area contributed by atoms with Gasteiger partial charge >= 0.3 is 6.09 Å². The fourth-order valence-electron chi connectivity index (χ4n) is 3.94. The summed E-state index contributed by atoms with van der Waals surface area (Å²) >= 11 is 0. The monoisotopic (exact) mass is 460 g/mol. The molecule has 2 heterocycles. The first kappa shape index (κ1) is 24.6. The van der Waals surface area contributed by atoms with Crippen LogP contribution in [0.5, 0.6) is 5.75 Å². The maximum absolute atomic E-state index is 13.1. The molecule has 178 valence electrons. The van der Waals surface area contributed by atoms with Crippen molar-refractivity contribution in [3.05, 3.63) is 29.3 Å². The van der Waals surface area contributed by atoms with Crippen molar-refractivity contribution >= 4 is 20.3 Å². The molecule has 6 nitrogen and oxygen atoms in total. The number of nitrogens with zero attached hydrogens (tertiary/aromatic N) is 2. The van der Waals surface area contributed by atoms with Crippen molar-refractivity contribution in [3.8, 4) is 5.75 Å². The number of hydrogen-bond donors (Lipinski definition) is 0. The van der Waals surface area contributed by atoms with Gasteiger partial charge in [-0.05, 0) is 75.4 Å². The van der Waals surface area contributed by atoms with E-state index in [0.717, 1.165) is 36.3 Å². The van der Waals surface area contributed by atoms with Crippen LogP contribution in [0.4, 0.5) is 4.79 Å². The van der Waals surface area contributed by atoms with Gasteiger partial charge in [0.15, 0.2) is 0 Å². The first-order valence-corrected chi connectivity index (χ1v) is 14.7. The lowest BCUT2D eigenvalue weighted by Gasteiger charge is -2.36. The molecular weight excluding hydrogens is 420 g/mol. The van der Waals surface area contributed by atoms with Crippen molar-refractivity contribution in [2.24, 2.45) is 5.92 Å². The summed E-state index contributed by atoms with van der Waals surface area (Å²) in [5.74, 6) is 1.29. The Bertz CT molecular complexity index is 862. The van der Waals surface area contributed by atoms with Crippen LogP contribution in [0.15, 0.2) is 18.2 Å². The number of hydrogen-bond acceptors (Lipinski definition) is 4. The maximum atomic E-state index is 13.1. The molecule has 0 aromatic heterocycles. The Kier molecular flexibility index (Phi) is 6.71. The van der Waals surface area contributed by atoms with E-state index in [1.165, 1.54) is 0 Å². The number of piperidine rings is 1. The van der Waals surface area contributed by atoms with Gasteiger partial charge < -0.3 is 19.0 Å². The molecule has 0 bridgehead atoms. The summed E-state index contributed by atoms with van der Waals surface area (Å²) < 4.78 is 11.9. The van der Waals surface area contributed by atoms with Crippen LogP contribution in [0, 0.1) is 5.92 Å². The van der Waals surface area contributed by atoms with E-state index >= 15 is 0 Å². The Morgan fingerprint density at radius 1 is 1.09 bits per heavy atom. The molecule has 1 saturated heterocycles. The van der Waals surface area contributed by atoms with Crippen LogP contribution in [0.2, 0.25) is 18.1 Å². The van der Waals surface area contributed by atoms with Crippen molar-refractivity contribution in [1.29, 1.82) is 0 Å². The topological polar surface area (TPSA) is 59.1 Å².